The van der Waals surface area contributed by atoms with Crippen LogP contribution in [0.15, 0.2) is 60.8 Å². The second-order valence-corrected chi connectivity index (χ2v) is 5.51. The Hall–Kier alpha value is -2.06. The topological polar surface area (TPSA) is 29.1 Å². The molecule has 2 rings (SSSR count). The number of halogens is 1. The van der Waals surface area contributed by atoms with Gasteiger partial charge >= 0.3 is 0 Å². The van der Waals surface area contributed by atoms with Crippen molar-refractivity contribution in [3.8, 4) is 0 Å². The van der Waals surface area contributed by atoms with Crippen LogP contribution in [0.4, 0.5) is 5.69 Å². The highest BCUT2D eigenvalue weighted by molar-refractivity contribution is 6.33. The van der Waals surface area contributed by atoms with Crippen LogP contribution in [-0.4, -0.2) is 5.78 Å². The van der Waals surface area contributed by atoms with E-state index in [1.54, 1.807) is 12.3 Å². The zero-order valence-corrected chi connectivity index (χ0v) is 12.9. The fourth-order valence-corrected chi connectivity index (χ4v) is 2.10. The number of carbonyl (C=O) groups excluding carboxylic acids is 1. The third kappa shape index (κ3) is 4.20. The molecular weight excluding hydrogens is 282 g/mol. The Labute approximate surface area is 130 Å². The van der Waals surface area contributed by atoms with E-state index in [0.29, 0.717) is 16.5 Å². The normalized spacial score (nSPS) is 11.0. The first kappa shape index (κ1) is 15.3. The monoisotopic (exact) mass is 299 g/mol. The van der Waals surface area contributed by atoms with Crippen LogP contribution in [0.5, 0.6) is 0 Å². The van der Waals surface area contributed by atoms with Crippen molar-refractivity contribution in [1.82, 2.24) is 0 Å². The largest absolute Gasteiger partial charge is 0.360 e. The summed E-state index contributed by atoms with van der Waals surface area (Å²) in [5, 5.41) is 3.63. The number of anilines is 1. The molecule has 3 heteroatoms. The van der Waals surface area contributed by atoms with Crippen LogP contribution in [-0.2, 0) is 0 Å². The summed E-state index contributed by atoms with van der Waals surface area (Å²) in [5.74, 6) is 0.427. The molecule has 21 heavy (non-hydrogen) atoms. The number of rotatable bonds is 5. The summed E-state index contributed by atoms with van der Waals surface area (Å²) < 4.78 is 0. The Kier molecular flexibility index (Phi) is 5.18. The van der Waals surface area contributed by atoms with Crippen LogP contribution in [0.3, 0.4) is 0 Å². The first-order chi connectivity index (χ1) is 10.1. The second kappa shape index (κ2) is 7.09. The summed E-state index contributed by atoms with van der Waals surface area (Å²) in [5.41, 5.74) is 2.68. The summed E-state index contributed by atoms with van der Waals surface area (Å²) in [7, 11) is 0. The summed E-state index contributed by atoms with van der Waals surface area (Å²) >= 11 is 6.02. The van der Waals surface area contributed by atoms with E-state index in [1.807, 2.05) is 42.5 Å². The molecule has 0 aromatic heterocycles. The lowest BCUT2D eigenvalue weighted by molar-refractivity contribution is 0.104. The summed E-state index contributed by atoms with van der Waals surface area (Å²) in [6, 6.07) is 15.1. The van der Waals surface area contributed by atoms with E-state index >= 15 is 0 Å². The molecule has 0 fully saturated rings. The molecule has 0 atom stereocenters. The van der Waals surface area contributed by atoms with Crippen molar-refractivity contribution in [1.29, 1.82) is 0 Å². The van der Waals surface area contributed by atoms with Gasteiger partial charge in [0.2, 0.25) is 0 Å². The predicted molar refractivity (Wildman–Crippen MR) is 89.1 cm³/mol. The molecule has 0 radical (unpaired) electrons. The maximum Gasteiger partial charge on any atom is 0.187 e. The minimum absolute atomic E-state index is 0.0372. The predicted octanol–water partition coefficient (Wildman–Crippen LogP) is 5.27. The van der Waals surface area contributed by atoms with Crippen LogP contribution < -0.4 is 5.32 Å². The molecule has 0 unspecified atom stereocenters. The van der Waals surface area contributed by atoms with Gasteiger partial charge in [-0.05, 0) is 23.6 Å². The van der Waals surface area contributed by atoms with Gasteiger partial charge in [-0.3, -0.25) is 4.79 Å². The molecule has 0 spiro atoms. The van der Waals surface area contributed by atoms with Gasteiger partial charge in [0.1, 0.15) is 0 Å². The number of benzene rings is 2. The molecule has 108 valence electrons. The van der Waals surface area contributed by atoms with E-state index < -0.39 is 0 Å². The molecule has 0 heterocycles. The fourth-order valence-electron chi connectivity index (χ4n) is 1.91. The highest BCUT2D eigenvalue weighted by atomic mass is 35.5. The number of hydrogen-bond acceptors (Lipinski definition) is 2. The van der Waals surface area contributed by atoms with E-state index in [1.165, 1.54) is 11.6 Å². The maximum absolute atomic E-state index is 12.0. The summed E-state index contributed by atoms with van der Waals surface area (Å²) in [6.45, 7) is 4.26. The lowest BCUT2D eigenvalue weighted by Crippen LogP contribution is -1.97. The van der Waals surface area contributed by atoms with Gasteiger partial charge in [0.05, 0.1) is 10.7 Å². The van der Waals surface area contributed by atoms with Crippen LogP contribution in [0, 0.1) is 0 Å². The van der Waals surface area contributed by atoms with Gasteiger partial charge in [0, 0.05) is 17.8 Å². The Bertz CT molecular complexity index is 645. The number of ketones is 1. The van der Waals surface area contributed by atoms with Gasteiger partial charge in [-0.15, -0.1) is 0 Å². The number of para-hydroxylation sites is 1. The van der Waals surface area contributed by atoms with Crippen molar-refractivity contribution in [3.05, 3.63) is 77.0 Å². The quantitative estimate of drug-likeness (QED) is 0.602. The van der Waals surface area contributed by atoms with E-state index in [-0.39, 0.29) is 5.78 Å². The van der Waals surface area contributed by atoms with Gasteiger partial charge < -0.3 is 5.32 Å². The van der Waals surface area contributed by atoms with E-state index in [0.717, 1.165) is 5.69 Å². The van der Waals surface area contributed by atoms with Crippen LogP contribution in [0.25, 0.3) is 0 Å². The lowest BCUT2D eigenvalue weighted by Gasteiger charge is -2.05. The Morgan fingerprint density at radius 1 is 1.10 bits per heavy atom. The first-order valence-corrected chi connectivity index (χ1v) is 7.27. The van der Waals surface area contributed by atoms with Crippen LogP contribution in [0.1, 0.15) is 35.7 Å². The van der Waals surface area contributed by atoms with Crippen LogP contribution >= 0.6 is 11.6 Å². The molecule has 0 bridgehead atoms. The van der Waals surface area contributed by atoms with Crippen molar-refractivity contribution >= 4 is 23.1 Å². The first-order valence-electron chi connectivity index (χ1n) is 6.90. The highest BCUT2D eigenvalue weighted by Crippen LogP contribution is 2.20. The Balaban J connectivity index is 2.01. The molecule has 2 nitrogen and oxygen atoms in total. The Morgan fingerprint density at radius 2 is 1.76 bits per heavy atom. The van der Waals surface area contributed by atoms with Gasteiger partial charge in [-0.25, -0.2) is 0 Å². The number of carbonyl (C=O) groups is 1. The van der Waals surface area contributed by atoms with E-state index in [9.17, 15) is 4.79 Å². The lowest BCUT2D eigenvalue weighted by atomic mass is 10.0. The van der Waals surface area contributed by atoms with Crippen molar-refractivity contribution < 1.29 is 4.79 Å². The minimum atomic E-state index is -0.0372. The van der Waals surface area contributed by atoms with Crippen molar-refractivity contribution in [2.75, 3.05) is 5.32 Å². The summed E-state index contributed by atoms with van der Waals surface area (Å²) in [4.78, 5) is 12.0. The second-order valence-electron chi connectivity index (χ2n) is 5.10. The molecule has 0 saturated carbocycles. The third-order valence-corrected chi connectivity index (χ3v) is 3.54. The van der Waals surface area contributed by atoms with E-state index in [4.69, 9.17) is 11.6 Å². The molecule has 0 saturated heterocycles. The standard InChI is InChI=1S/C18H18ClNO/c1-13(2)14-7-9-15(10-8-14)18(21)11-12-20-17-6-4-3-5-16(17)19/h3-13,20H,1-2H3. The van der Waals surface area contributed by atoms with Gasteiger partial charge in [-0.2, -0.15) is 0 Å². The number of nitrogens with one attached hydrogen (secondary N) is 1. The molecule has 0 aliphatic heterocycles. The van der Waals surface area contributed by atoms with Crippen LogP contribution in [0.2, 0.25) is 5.02 Å². The van der Waals surface area contributed by atoms with Crippen molar-refractivity contribution in [2.45, 2.75) is 19.8 Å². The molecule has 2 aromatic carbocycles. The van der Waals surface area contributed by atoms with Crippen molar-refractivity contribution in [2.24, 2.45) is 0 Å². The fraction of sp³-hybridized carbons (Fsp3) is 0.167. The maximum atomic E-state index is 12.0. The SMILES string of the molecule is CC(C)c1ccc(C(=O)C=CNc2ccccc2Cl)cc1. The average molecular weight is 300 g/mol. The molecular formula is C18H18ClNO. The number of allylic oxidation sites excluding steroid dienone is 1. The Morgan fingerprint density at radius 3 is 2.38 bits per heavy atom. The van der Waals surface area contributed by atoms with E-state index in [2.05, 4.69) is 19.2 Å². The zero-order chi connectivity index (χ0) is 15.2. The van der Waals surface area contributed by atoms with Crippen molar-refractivity contribution in [3.63, 3.8) is 0 Å². The summed E-state index contributed by atoms with van der Waals surface area (Å²) in [6.07, 6.45) is 3.12. The molecule has 1 N–H and O–H groups in total. The van der Waals surface area contributed by atoms with Gasteiger partial charge in [0.15, 0.2) is 5.78 Å². The van der Waals surface area contributed by atoms with Gasteiger partial charge in [0.25, 0.3) is 0 Å². The molecule has 0 aliphatic rings. The average Bonchev–Trinajstić information content (AvgIpc) is 2.49. The highest BCUT2D eigenvalue weighted by Gasteiger charge is 2.03. The third-order valence-electron chi connectivity index (χ3n) is 3.21. The molecule has 2 aromatic rings. The number of hydrogen-bond donors (Lipinski definition) is 1. The zero-order valence-electron chi connectivity index (χ0n) is 12.1. The molecule has 0 aliphatic carbocycles. The minimum Gasteiger partial charge on any atom is -0.360 e. The van der Waals surface area contributed by atoms with Gasteiger partial charge in [-0.1, -0.05) is 61.8 Å². The molecule has 0 amide bonds. The smallest absolute Gasteiger partial charge is 0.187 e.